The smallest absolute Gasteiger partial charge is 0.303 e. The highest BCUT2D eigenvalue weighted by atomic mass is 16.6. The van der Waals surface area contributed by atoms with Gasteiger partial charge < -0.3 is 14.6 Å². The Labute approximate surface area is 182 Å². The van der Waals surface area contributed by atoms with E-state index in [0.717, 1.165) is 12.8 Å². The maximum atomic E-state index is 13.9. The first-order valence-corrected chi connectivity index (χ1v) is 11.1. The molecule has 0 saturated heterocycles. The van der Waals surface area contributed by atoms with E-state index in [-0.39, 0.29) is 28.5 Å². The highest BCUT2D eigenvalue weighted by Gasteiger charge is 2.73. The van der Waals surface area contributed by atoms with E-state index in [1.54, 1.807) is 0 Å². The summed E-state index contributed by atoms with van der Waals surface area (Å²) < 4.78 is 11.0. The molecule has 0 aromatic carbocycles. The third-order valence-electron chi connectivity index (χ3n) is 8.38. The third kappa shape index (κ3) is 2.88. The number of rotatable bonds is 2. The lowest BCUT2D eigenvalue weighted by Crippen LogP contribution is -2.63. The number of carbonyl (C=O) groups is 4. The first kappa shape index (κ1) is 22.2. The Bertz CT molecular complexity index is 915. The molecule has 4 aliphatic carbocycles. The van der Waals surface area contributed by atoms with Crippen molar-refractivity contribution in [3.8, 4) is 0 Å². The van der Waals surface area contributed by atoms with E-state index in [4.69, 9.17) is 9.47 Å². The van der Waals surface area contributed by atoms with Crippen molar-refractivity contribution in [1.82, 2.24) is 0 Å². The molecule has 0 aromatic heterocycles. The predicted octanol–water partition coefficient (Wildman–Crippen LogP) is 2.53. The summed E-state index contributed by atoms with van der Waals surface area (Å²) >= 11 is 0. The molecule has 1 spiro atoms. The van der Waals surface area contributed by atoms with Crippen molar-refractivity contribution in [2.24, 2.45) is 28.1 Å². The van der Waals surface area contributed by atoms with Crippen molar-refractivity contribution in [1.29, 1.82) is 0 Å². The first-order chi connectivity index (χ1) is 14.3. The Morgan fingerprint density at radius 2 is 1.61 bits per heavy atom. The van der Waals surface area contributed by atoms with Gasteiger partial charge in [0.1, 0.15) is 0 Å². The Morgan fingerprint density at radius 3 is 2.13 bits per heavy atom. The number of carbonyl (C=O) groups excluding carboxylic acids is 4. The van der Waals surface area contributed by atoms with Crippen molar-refractivity contribution in [3.63, 3.8) is 0 Å². The van der Waals surface area contributed by atoms with Crippen LogP contribution in [0.15, 0.2) is 11.1 Å². The predicted molar refractivity (Wildman–Crippen MR) is 110 cm³/mol. The van der Waals surface area contributed by atoms with E-state index in [1.165, 1.54) is 13.8 Å². The topological polar surface area (TPSA) is 107 Å². The zero-order valence-corrected chi connectivity index (χ0v) is 19.1. The summed E-state index contributed by atoms with van der Waals surface area (Å²) in [6.07, 6.45) is -0.738. The molecule has 1 N–H and O–H groups in total. The van der Waals surface area contributed by atoms with Crippen LogP contribution in [-0.2, 0) is 28.7 Å². The molecule has 170 valence electrons. The fourth-order valence-corrected chi connectivity index (χ4v) is 7.15. The molecule has 31 heavy (non-hydrogen) atoms. The number of fused-ring (bicyclic) bond motifs is 2. The largest absolute Gasteiger partial charge is 0.455 e. The number of aliphatic hydroxyl groups is 1. The number of esters is 2. The van der Waals surface area contributed by atoms with Gasteiger partial charge in [-0.2, -0.15) is 0 Å². The fraction of sp³-hybridized carbons (Fsp3) is 0.750. The minimum Gasteiger partial charge on any atom is -0.455 e. The quantitative estimate of drug-likeness (QED) is 0.668. The van der Waals surface area contributed by atoms with Gasteiger partial charge in [-0.3, -0.25) is 19.2 Å². The molecule has 2 fully saturated rings. The van der Waals surface area contributed by atoms with E-state index >= 15 is 0 Å². The molecule has 7 heteroatoms. The van der Waals surface area contributed by atoms with Crippen molar-refractivity contribution < 1.29 is 33.8 Å². The number of hydrogen-bond donors (Lipinski definition) is 1. The lowest BCUT2D eigenvalue weighted by atomic mass is 9.46. The minimum atomic E-state index is -1.19. The molecule has 0 amide bonds. The van der Waals surface area contributed by atoms with Crippen LogP contribution in [0.25, 0.3) is 0 Å². The second-order valence-electron chi connectivity index (χ2n) is 10.9. The van der Waals surface area contributed by atoms with Crippen LogP contribution in [0.5, 0.6) is 0 Å². The molecular formula is C24H32O7. The van der Waals surface area contributed by atoms with Crippen molar-refractivity contribution in [2.75, 3.05) is 0 Å². The second kappa shape index (κ2) is 6.74. The highest BCUT2D eigenvalue weighted by molar-refractivity contribution is 6.20. The molecule has 0 radical (unpaired) electrons. The molecule has 7 atom stereocenters. The number of aliphatic hydroxyl groups excluding tert-OH is 1. The molecular weight excluding hydrogens is 400 g/mol. The van der Waals surface area contributed by atoms with Crippen molar-refractivity contribution >= 4 is 23.5 Å². The van der Waals surface area contributed by atoms with Crippen LogP contribution < -0.4 is 0 Å². The SMILES string of the molecule is CC(=O)OC1C2=C(C(=O)C(OC(C)=O)C3(CC3C)C2=O)C2(C)CCCC(C)(C)C2C1O. The number of ether oxygens (including phenoxy) is 2. The zero-order valence-electron chi connectivity index (χ0n) is 19.1. The molecule has 7 nitrogen and oxygen atoms in total. The Hall–Kier alpha value is -2.02. The molecule has 4 rings (SSSR count). The van der Waals surface area contributed by atoms with Crippen LogP contribution in [0.1, 0.15) is 67.2 Å². The maximum Gasteiger partial charge on any atom is 0.303 e. The maximum absolute atomic E-state index is 13.9. The molecule has 7 unspecified atom stereocenters. The summed E-state index contributed by atoms with van der Waals surface area (Å²) in [4.78, 5) is 51.7. The minimum absolute atomic E-state index is 0.122. The Kier molecular flexibility index (Phi) is 4.82. The van der Waals surface area contributed by atoms with Gasteiger partial charge in [-0.05, 0) is 30.6 Å². The van der Waals surface area contributed by atoms with Crippen molar-refractivity contribution in [2.45, 2.75) is 85.5 Å². The van der Waals surface area contributed by atoms with Gasteiger partial charge in [-0.25, -0.2) is 0 Å². The summed E-state index contributed by atoms with van der Waals surface area (Å²) in [7, 11) is 0. The summed E-state index contributed by atoms with van der Waals surface area (Å²) in [5.74, 6) is -2.46. The zero-order chi connectivity index (χ0) is 23.1. The second-order valence-corrected chi connectivity index (χ2v) is 10.9. The monoisotopic (exact) mass is 432 g/mol. The van der Waals surface area contributed by atoms with Gasteiger partial charge in [-0.15, -0.1) is 0 Å². The summed E-state index contributed by atoms with van der Waals surface area (Å²) in [6.45, 7) is 10.3. The van der Waals surface area contributed by atoms with Gasteiger partial charge in [0.25, 0.3) is 0 Å². The van der Waals surface area contributed by atoms with E-state index in [2.05, 4.69) is 0 Å². The Balaban J connectivity index is 1.98. The lowest BCUT2D eigenvalue weighted by molar-refractivity contribution is -0.174. The van der Waals surface area contributed by atoms with Crippen LogP contribution in [0.2, 0.25) is 0 Å². The molecule has 0 aromatic rings. The summed E-state index contributed by atoms with van der Waals surface area (Å²) in [5.41, 5.74) is -1.84. The first-order valence-electron chi connectivity index (χ1n) is 11.1. The highest BCUT2D eigenvalue weighted by Crippen LogP contribution is 2.67. The average molecular weight is 433 g/mol. The third-order valence-corrected chi connectivity index (χ3v) is 8.38. The van der Waals surface area contributed by atoms with E-state index in [9.17, 15) is 24.3 Å². The standard InChI is InChI=1S/C24H32O7/c1-11-10-24(11)20(29)14-15(16(27)21(24)31-13(3)26)23(6)9-7-8-22(4,5)19(23)17(28)18(14)30-12(2)25/h11,17-19,21,28H,7-10H2,1-6H3. The van der Waals surface area contributed by atoms with Crippen molar-refractivity contribution in [3.05, 3.63) is 11.1 Å². The number of ketones is 2. The van der Waals surface area contributed by atoms with Gasteiger partial charge in [0.15, 0.2) is 18.0 Å². The van der Waals surface area contributed by atoms with Gasteiger partial charge in [-0.1, -0.05) is 34.1 Å². The molecule has 0 heterocycles. The van der Waals surface area contributed by atoms with Crippen LogP contribution in [0.4, 0.5) is 0 Å². The van der Waals surface area contributed by atoms with Gasteiger partial charge >= 0.3 is 11.9 Å². The average Bonchev–Trinajstić information content (AvgIpc) is 3.29. The number of Topliss-reactive ketones (excluding diaryl/α,β-unsaturated/α-hetero) is 2. The van der Waals surface area contributed by atoms with Crippen LogP contribution >= 0.6 is 0 Å². The van der Waals surface area contributed by atoms with E-state index in [0.29, 0.717) is 18.4 Å². The fourth-order valence-electron chi connectivity index (χ4n) is 7.15. The van der Waals surface area contributed by atoms with Crippen LogP contribution in [-0.4, -0.2) is 46.9 Å². The number of hydrogen-bond acceptors (Lipinski definition) is 7. The van der Waals surface area contributed by atoms with Gasteiger partial charge in [0, 0.05) is 36.3 Å². The molecule has 0 aliphatic heterocycles. The molecule has 2 saturated carbocycles. The van der Waals surface area contributed by atoms with Crippen LogP contribution in [0.3, 0.4) is 0 Å². The van der Waals surface area contributed by atoms with Crippen LogP contribution in [0, 0.1) is 28.1 Å². The Morgan fingerprint density at radius 1 is 1.03 bits per heavy atom. The molecule has 0 bridgehead atoms. The summed E-state index contributed by atoms with van der Waals surface area (Å²) in [5, 5.41) is 11.5. The van der Waals surface area contributed by atoms with E-state index in [1.807, 2.05) is 27.7 Å². The normalized spacial score (nSPS) is 43.3. The van der Waals surface area contributed by atoms with Gasteiger partial charge in [0.2, 0.25) is 5.78 Å². The van der Waals surface area contributed by atoms with Gasteiger partial charge in [0.05, 0.1) is 11.5 Å². The lowest BCUT2D eigenvalue weighted by Gasteiger charge is -2.59. The van der Waals surface area contributed by atoms with E-state index < -0.39 is 47.0 Å². The molecule has 4 aliphatic rings. The summed E-state index contributed by atoms with van der Waals surface area (Å²) in [6, 6.07) is 0.